The molecule has 4 bridgehead atoms. The number of hydrogen-bond donors (Lipinski definition) is 1. The fraction of sp³-hybridized carbons (Fsp3) is 0.476. The molecule has 2 saturated carbocycles. The minimum atomic E-state index is -1.80. The standard InChI is InChI=1S/C42H42Cl2FN7OS/c1-20(2)33-17-48-42(54-33)50-18-25-12-26(19-50)51(41(53)22-9-10-22)39(25)32-15-28-21(3)49-37-29(40(28)52(32)38-24-14-31(38)47-16-24)13-23(6-5-11-46)34(36(37)45)27-7-4-8-30(43)35(27)44/h4,7-8,13,15,17,20,22,24-26,31,38-39,47H,5-6,9-10,12,14,16,18-19H2,1-3H3/t24-,25+,26-,31-,38+,39-/m1/s1/i18D2. The van der Waals surface area contributed by atoms with Crippen LogP contribution in [0.4, 0.5) is 9.52 Å². The number of aromatic nitrogens is 3. The van der Waals surface area contributed by atoms with E-state index in [2.05, 4.69) is 35.9 Å². The number of nitrogens with zero attached hydrogens (tertiary/aromatic N) is 6. The van der Waals surface area contributed by atoms with E-state index in [9.17, 15) is 12.8 Å². The number of anilines is 1. The Bertz CT molecular complexity index is 2500. The van der Waals surface area contributed by atoms with E-state index in [0.717, 1.165) is 47.3 Å². The van der Waals surface area contributed by atoms with Crippen LogP contribution in [0.1, 0.15) is 88.5 Å². The van der Waals surface area contributed by atoms with E-state index in [1.54, 1.807) is 18.2 Å². The van der Waals surface area contributed by atoms with Gasteiger partial charge in [0.25, 0.3) is 0 Å². The van der Waals surface area contributed by atoms with Crippen LogP contribution in [0.25, 0.3) is 32.9 Å². The lowest BCUT2D eigenvalue weighted by atomic mass is 9.79. The van der Waals surface area contributed by atoms with Crippen LogP contribution in [0.2, 0.25) is 10.0 Å². The SMILES string of the molecule is [2H]C1([2H])[C@@H]2C[C@H](CN1c1ncc(C(C)C)s1)N(C(=O)C1CC1)[C@H]2c1cc2c(C)nc3c(F)c(-c4cccc(Cl)c4Cl)c(CCC#N)cc3c2n1[C@H]1[C@H]2CN[C@@H]1C2. The quantitative estimate of drug-likeness (QED) is 0.169. The topological polar surface area (TPSA) is 90.1 Å². The highest BCUT2D eigenvalue weighted by atomic mass is 35.5. The maximum atomic E-state index is 17.4. The molecule has 2 aromatic carbocycles. The molecule has 11 rings (SSSR count). The van der Waals surface area contributed by atoms with Gasteiger partial charge in [-0.3, -0.25) is 4.79 Å². The second kappa shape index (κ2) is 12.9. The Hall–Kier alpha value is -3.75. The third-order valence-electron chi connectivity index (χ3n) is 12.5. The van der Waals surface area contributed by atoms with Crippen LogP contribution < -0.4 is 10.2 Å². The largest absolute Gasteiger partial charge is 0.346 e. The van der Waals surface area contributed by atoms with Gasteiger partial charge in [0.1, 0.15) is 5.52 Å². The molecule has 54 heavy (non-hydrogen) atoms. The molecule has 4 aliphatic heterocycles. The Morgan fingerprint density at radius 1 is 1.20 bits per heavy atom. The first-order valence-electron chi connectivity index (χ1n) is 20.2. The second-order valence-electron chi connectivity index (χ2n) is 16.2. The van der Waals surface area contributed by atoms with E-state index in [1.807, 2.05) is 29.0 Å². The zero-order valence-corrected chi connectivity index (χ0v) is 32.7. The van der Waals surface area contributed by atoms with Crippen LogP contribution in [0.3, 0.4) is 0 Å². The van der Waals surface area contributed by atoms with E-state index in [-0.39, 0.29) is 58.4 Å². The average Bonchev–Trinajstić information content (AvgIpc) is 3.60. The van der Waals surface area contributed by atoms with Crippen molar-refractivity contribution in [1.82, 2.24) is 24.8 Å². The first kappa shape index (κ1) is 32.5. The highest BCUT2D eigenvalue weighted by Crippen LogP contribution is 2.54. The Kier molecular flexibility index (Phi) is 7.77. The molecule has 1 amide bonds. The Morgan fingerprint density at radius 2 is 2.04 bits per heavy atom. The zero-order chi connectivity index (χ0) is 38.9. The number of fused-ring (bicyclic) bond motifs is 6. The lowest BCUT2D eigenvalue weighted by molar-refractivity contribution is -0.135. The number of likely N-dealkylation sites (tertiary alicyclic amines) is 1. The molecule has 0 unspecified atom stereocenters. The molecule has 278 valence electrons. The predicted molar refractivity (Wildman–Crippen MR) is 213 cm³/mol. The molecule has 1 N–H and O–H groups in total. The molecule has 6 atom stereocenters. The number of benzene rings is 2. The molecule has 5 aromatic rings. The lowest BCUT2D eigenvalue weighted by Crippen LogP contribution is -2.45. The van der Waals surface area contributed by atoms with Gasteiger partial charge in [-0.1, -0.05) is 49.2 Å². The Labute approximate surface area is 331 Å². The number of amides is 1. The molecule has 6 aliphatic rings. The number of halogens is 3. The minimum absolute atomic E-state index is 0.0352. The Balaban J connectivity index is 1.22. The van der Waals surface area contributed by atoms with E-state index >= 15 is 4.39 Å². The van der Waals surface area contributed by atoms with Crippen molar-refractivity contribution in [2.75, 3.05) is 24.5 Å². The van der Waals surface area contributed by atoms with E-state index < -0.39 is 24.3 Å². The zero-order valence-electron chi connectivity index (χ0n) is 32.4. The van der Waals surface area contributed by atoms with Crippen molar-refractivity contribution in [3.8, 4) is 17.2 Å². The van der Waals surface area contributed by atoms with Gasteiger partial charge in [-0.15, -0.1) is 11.3 Å². The molecule has 7 heterocycles. The number of aryl methyl sites for hydroxylation is 2. The molecule has 8 nitrogen and oxygen atoms in total. The second-order valence-corrected chi connectivity index (χ2v) is 18.0. The number of rotatable bonds is 8. The molecule has 6 fully saturated rings. The maximum absolute atomic E-state index is 17.4. The van der Waals surface area contributed by atoms with Gasteiger partial charge in [-0.25, -0.2) is 14.4 Å². The van der Waals surface area contributed by atoms with Gasteiger partial charge in [0.2, 0.25) is 5.91 Å². The summed E-state index contributed by atoms with van der Waals surface area (Å²) in [5.74, 6) is -0.416. The van der Waals surface area contributed by atoms with Crippen molar-refractivity contribution >= 4 is 67.4 Å². The van der Waals surface area contributed by atoms with Crippen molar-refractivity contribution in [3.63, 3.8) is 0 Å². The van der Waals surface area contributed by atoms with Gasteiger partial charge in [-0.05, 0) is 74.6 Å². The molecular weight excluding hydrogens is 740 g/mol. The fourth-order valence-electron chi connectivity index (χ4n) is 9.78. The van der Waals surface area contributed by atoms with Gasteiger partial charge in [0.15, 0.2) is 10.9 Å². The summed E-state index contributed by atoms with van der Waals surface area (Å²) in [6.45, 7) is 5.55. The fourth-order valence-corrected chi connectivity index (χ4v) is 11.1. The van der Waals surface area contributed by atoms with Crippen LogP contribution >= 0.6 is 34.5 Å². The molecule has 3 aromatic heterocycles. The molecule has 0 spiro atoms. The summed E-state index contributed by atoms with van der Waals surface area (Å²) in [6, 6.07) is 11.0. The number of hydrogen-bond acceptors (Lipinski definition) is 7. The van der Waals surface area contributed by atoms with Gasteiger partial charge in [0, 0.05) is 91.0 Å². The molecule has 0 radical (unpaired) electrons. The minimum Gasteiger partial charge on any atom is -0.346 e. The number of thiazole rings is 1. The smallest absolute Gasteiger partial charge is 0.226 e. The van der Waals surface area contributed by atoms with Crippen LogP contribution in [-0.2, 0) is 11.2 Å². The molecular formula is C42H42Cl2FN7OS. The first-order valence-corrected chi connectivity index (χ1v) is 20.7. The third-order valence-corrected chi connectivity index (χ3v) is 14.7. The number of piperidine rings is 1. The van der Waals surface area contributed by atoms with E-state index in [0.29, 0.717) is 57.7 Å². The van der Waals surface area contributed by atoms with Crippen LogP contribution in [0.5, 0.6) is 0 Å². The van der Waals surface area contributed by atoms with Gasteiger partial charge < -0.3 is 19.7 Å². The summed E-state index contributed by atoms with van der Waals surface area (Å²) in [5.41, 5.74) is 3.95. The predicted octanol–water partition coefficient (Wildman–Crippen LogP) is 9.37. The number of nitriles is 1. The normalized spacial score (nSPS) is 27.4. The number of carbonyl (C=O) groups excluding carboxylic acids is 1. The summed E-state index contributed by atoms with van der Waals surface area (Å²) in [7, 11) is 0. The van der Waals surface area contributed by atoms with Crippen LogP contribution in [0.15, 0.2) is 36.5 Å². The van der Waals surface area contributed by atoms with Gasteiger partial charge in [-0.2, -0.15) is 5.26 Å². The van der Waals surface area contributed by atoms with Crippen molar-refractivity contribution in [3.05, 3.63) is 74.2 Å². The average molecular weight is 785 g/mol. The summed E-state index contributed by atoms with van der Waals surface area (Å²) in [6.07, 6.45) is 5.57. The summed E-state index contributed by atoms with van der Waals surface area (Å²) >= 11 is 14.7. The van der Waals surface area contributed by atoms with Crippen molar-refractivity contribution in [2.24, 2.45) is 17.8 Å². The monoisotopic (exact) mass is 783 g/mol. The number of nitrogens with one attached hydrogen (secondary N) is 1. The highest BCUT2D eigenvalue weighted by Gasteiger charge is 2.55. The highest BCUT2D eigenvalue weighted by molar-refractivity contribution is 7.15. The van der Waals surface area contributed by atoms with Crippen molar-refractivity contribution < 1.29 is 11.9 Å². The number of carbonyl (C=O) groups is 1. The molecule has 2 aliphatic carbocycles. The summed E-state index contributed by atoms with van der Waals surface area (Å²) in [5, 5.41) is 16.1. The summed E-state index contributed by atoms with van der Waals surface area (Å²) < 4.78 is 39.4. The maximum Gasteiger partial charge on any atom is 0.226 e. The van der Waals surface area contributed by atoms with E-state index in [1.165, 1.54) is 11.3 Å². The van der Waals surface area contributed by atoms with Crippen molar-refractivity contribution in [2.45, 2.75) is 89.4 Å². The lowest BCUT2D eigenvalue weighted by Gasteiger charge is -2.40. The number of pyridine rings is 1. The van der Waals surface area contributed by atoms with Gasteiger partial charge >= 0.3 is 0 Å². The Morgan fingerprint density at radius 3 is 2.74 bits per heavy atom. The van der Waals surface area contributed by atoms with Crippen LogP contribution in [0, 0.1) is 41.8 Å². The van der Waals surface area contributed by atoms with Crippen LogP contribution in [-0.4, -0.2) is 57.0 Å². The van der Waals surface area contributed by atoms with Gasteiger partial charge in [0.05, 0.1) is 39.8 Å². The molecule has 4 saturated heterocycles. The third kappa shape index (κ3) is 5.25. The van der Waals surface area contributed by atoms with Crippen molar-refractivity contribution in [1.29, 1.82) is 5.26 Å². The van der Waals surface area contributed by atoms with E-state index in [4.69, 9.17) is 33.2 Å². The summed E-state index contributed by atoms with van der Waals surface area (Å²) in [4.78, 5) is 29.2. The molecule has 12 heteroatoms. The first-order chi connectivity index (χ1) is 26.9.